The van der Waals surface area contributed by atoms with Gasteiger partial charge in [0.1, 0.15) is 0 Å². The Morgan fingerprint density at radius 3 is 2.55 bits per heavy atom. The van der Waals surface area contributed by atoms with Crippen molar-refractivity contribution in [3.63, 3.8) is 0 Å². The summed E-state index contributed by atoms with van der Waals surface area (Å²) in [6, 6.07) is -0.338. The van der Waals surface area contributed by atoms with Crippen LogP contribution < -0.4 is 10.6 Å². The van der Waals surface area contributed by atoms with Crippen LogP contribution in [-0.2, 0) is 11.8 Å². The molecular weight excluding hydrogens is 278 g/mol. The van der Waals surface area contributed by atoms with E-state index < -0.39 is 0 Å². The maximum Gasteiger partial charge on any atom is 0.239 e. The highest BCUT2D eigenvalue weighted by atomic mass is 35.5. The molecule has 1 aliphatic heterocycles. The number of piperazine rings is 1. The monoisotopic (exact) mass is 301 g/mol. The Morgan fingerprint density at radius 1 is 1.40 bits per heavy atom. The molecule has 1 aromatic rings. The van der Waals surface area contributed by atoms with Gasteiger partial charge >= 0.3 is 0 Å². The number of aryl methyl sites for hydroxylation is 1. The number of halogens is 1. The molecule has 6 nitrogen and oxygen atoms in total. The predicted octanol–water partition coefficient (Wildman–Crippen LogP) is 0.618. The SMILES string of the molecule is CCCC(N)C(=O)N1CCN(c2cnn(C)c2)CC1.Cl. The second-order valence-corrected chi connectivity index (χ2v) is 5.08. The summed E-state index contributed by atoms with van der Waals surface area (Å²) in [6.45, 7) is 5.22. The van der Waals surface area contributed by atoms with Crippen molar-refractivity contribution in [3.8, 4) is 0 Å². The number of nitrogens with zero attached hydrogens (tertiary/aromatic N) is 4. The first-order valence-electron chi connectivity index (χ1n) is 6.89. The average Bonchev–Trinajstić information content (AvgIpc) is 2.85. The topological polar surface area (TPSA) is 67.4 Å². The first kappa shape index (κ1) is 16.8. The normalized spacial score (nSPS) is 16.8. The van der Waals surface area contributed by atoms with Crippen LogP contribution in [0.25, 0.3) is 0 Å². The average molecular weight is 302 g/mol. The molecule has 1 aliphatic rings. The van der Waals surface area contributed by atoms with E-state index in [1.54, 1.807) is 4.68 Å². The smallest absolute Gasteiger partial charge is 0.239 e. The van der Waals surface area contributed by atoms with Crippen molar-refractivity contribution in [3.05, 3.63) is 12.4 Å². The second-order valence-electron chi connectivity index (χ2n) is 5.08. The third kappa shape index (κ3) is 3.86. The Kier molecular flexibility index (Phi) is 6.29. The van der Waals surface area contributed by atoms with Crippen molar-refractivity contribution in [1.29, 1.82) is 0 Å². The minimum Gasteiger partial charge on any atom is -0.365 e. The molecule has 0 aliphatic carbocycles. The number of anilines is 1. The summed E-state index contributed by atoms with van der Waals surface area (Å²) < 4.78 is 1.80. The van der Waals surface area contributed by atoms with E-state index in [2.05, 4.69) is 10.00 Å². The van der Waals surface area contributed by atoms with Crippen molar-refractivity contribution in [2.45, 2.75) is 25.8 Å². The van der Waals surface area contributed by atoms with Crippen LogP contribution in [0.15, 0.2) is 12.4 Å². The summed E-state index contributed by atoms with van der Waals surface area (Å²) in [6.07, 6.45) is 5.57. The van der Waals surface area contributed by atoms with Crippen LogP contribution in [-0.4, -0.2) is 52.8 Å². The van der Waals surface area contributed by atoms with Crippen LogP contribution in [0.4, 0.5) is 5.69 Å². The summed E-state index contributed by atoms with van der Waals surface area (Å²) >= 11 is 0. The number of rotatable bonds is 4. The van der Waals surface area contributed by atoms with Gasteiger partial charge in [0, 0.05) is 39.4 Å². The molecule has 20 heavy (non-hydrogen) atoms. The van der Waals surface area contributed by atoms with Gasteiger partial charge in [-0.25, -0.2) is 0 Å². The lowest BCUT2D eigenvalue weighted by Crippen LogP contribution is -2.53. The van der Waals surface area contributed by atoms with E-state index in [4.69, 9.17) is 5.73 Å². The minimum absolute atomic E-state index is 0. The largest absolute Gasteiger partial charge is 0.365 e. The minimum atomic E-state index is -0.338. The zero-order chi connectivity index (χ0) is 13.8. The van der Waals surface area contributed by atoms with Gasteiger partial charge in [-0.1, -0.05) is 13.3 Å². The molecule has 0 bridgehead atoms. The number of carbonyl (C=O) groups excluding carboxylic acids is 1. The molecule has 1 saturated heterocycles. The third-order valence-corrected chi connectivity index (χ3v) is 3.56. The Hall–Kier alpha value is -1.27. The van der Waals surface area contributed by atoms with Crippen molar-refractivity contribution in [2.75, 3.05) is 31.1 Å². The Morgan fingerprint density at radius 2 is 2.05 bits per heavy atom. The molecule has 1 aromatic heterocycles. The fourth-order valence-electron chi connectivity index (χ4n) is 2.43. The summed E-state index contributed by atoms with van der Waals surface area (Å²) in [5, 5.41) is 4.17. The number of amides is 1. The third-order valence-electron chi connectivity index (χ3n) is 3.56. The van der Waals surface area contributed by atoms with Crippen LogP contribution in [0.1, 0.15) is 19.8 Å². The van der Waals surface area contributed by atoms with E-state index in [1.807, 2.05) is 31.3 Å². The second kappa shape index (κ2) is 7.50. The zero-order valence-corrected chi connectivity index (χ0v) is 13.0. The molecule has 0 saturated carbocycles. The van der Waals surface area contributed by atoms with E-state index in [-0.39, 0.29) is 24.4 Å². The lowest BCUT2D eigenvalue weighted by atomic mass is 10.1. The lowest BCUT2D eigenvalue weighted by molar-refractivity contribution is -0.133. The number of carbonyl (C=O) groups is 1. The molecule has 1 unspecified atom stereocenters. The highest BCUT2D eigenvalue weighted by molar-refractivity contribution is 5.85. The maximum atomic E-state index is 12.1. The van der Waals surface area contributed by atoms with Gasteiger partial charge in [-0.15, -0.1) is 12.4 Å². The number of aromatic nitrogens is 2. The molecule has 0 radical (unpaired) electrons. The van der Waals surface area contributed by atoms with Crippen LogP contribution in [0.3, 0.4) is 0 Å². The molecular formula is C13H24ClN5O. The number of nitrogens with two attached hydrogens (primary N) is 1. The number of hydrogen-bond acceptors (Lipinski definition) is 4. The summed E-state index contributed by atoms with van der Waals surface area (Å²) in [7, 11) is 1.91. The Bertz CT molecular complexity index is 428. The molecule has 0 spiro atoms. The molecule has 1 fully saturated rings. The van der Waals surface area contributed by atoms with Crippen molar-refractivity contribution in [2.24, 2.45) is 12.8 Å². The Balaban J connectivity index is 0.00000200. The fraction of sp³-hybridized carbons (Fsp3) is 0.692. The van der Waals surface area contributed by atoms with Gasteiger partial charge in [0.2, 0.25) is 5.91 Å². The van der Waals surface area contributed by atoms with Gasteiger partial charge in [-0.2, -0.15) is 5.10 Å². The first-order chi connectivity index (χ1) is 9.11. The van der Waals surface area contributed by atoms with E-state index in [1.165, 1.54) is 0 Å². The molecule has 1 atom stereocenters. The molecule has 1 amide bonds. The van der Waals surface area contributed by atoms with Gasteiger partial charge in [0.15, 0.2) is 0 Å². The molecule has 0 aromatic carbocycles. The van der Waals surface area contributed by atoms with E-state index in [9.17, 15) is 4.79 Å². The fourth-order valence-corrected chi connectivity index (χ4v) is 2.43. The molecule has 2 heterocycles. The number of hydrogen-bond donors (Lipinski definition) is 1. The Labute approximate surface area is 126 Å². The van der Waals surface area contributed by atoms with Gasteiger partial charge in [0.05, 0.1) is 17.9 Å². The van der Waals surface area contributed by atoms with Crippen molar-refractivity contribution in [1.82, 2.24) is 14.7 Å². The molecule has 7 heteroatoms. The van der Waals surface area contributed by atoms with Gasteiger partial charge in [-0.05, 0) is 6.42 Å². The van der Waals surface area contributed by atoms with E-state index in [0.717, 1.165) is 44.7 Å². The van der Waals surface area contributed by atoms with Gasteiger partial charge in [-0.3, -0.25) is 9.48 Å². The van der Waals surface area contributed by atoms with Crippen LogP contribution in [0, 0.1) is 0 Å². The van der Waals surface area contributed by atoms with Crippen LogP contribution in [0.2, 0.25) is 0 Å². The predicted molar refractivity (Wildman–Crippen MR) is 82.1 cm³/mol. The van der Waals surface area contributed by atoms with Crippen molar-refractivity contribution >= 4 is 24.0 Å². The molecule has 2 rings (SSSR count). The van der Waals surface area contributed by atoms with E-state index >= 15 is 0 Å². The van der Waals surface area contributed by atoms with E-state index in [0.29, 0.717) is 0 Å². The maximum absolute atomic E-state index is 12.1. The molecule has 2 N–H and O–H groups in total. The summed E-state index contributed by atoms with van der Waals surface area (Å²) in [5.74, 6) is 0.0905. The summed E-state index contributed by atoms with van der Waals surface area (Å²) in [4.78, 5) is 16.2. The van der Waals surface area contributed by atoms with Gasteiger partial charge < -0.3 is 15.5 Å². The lowest BCUT2D eigenvalue weighted by Gasteiger charge is -2.36. The van der Waals surface area contributed by atoms with Crippen LogP contribution >= 0.6 is 12.4 Å². The summed E-state index contributed by atoms with van der Waals surface area (Å²) in [5.41, 5.74) is 7.01. The zero-order valence-electron chi connectivity index (χ0n) is 12.2. The highest BCUT2D eigenvalue weighted by Crippen LogP contribution is 2.15. The molecule has 114 valence electrons. The standard InChI is InChI=1S/C13H23N5O.ClH/c1-3-4-12(14)13(19)18-7-5-17(6-8-18)11-9-15-16(2)10-11;/h9-10,12H,3-8,14H2,1-2H3;1H. The quantitative estimate of drug-likeness (QED) is 0.885. The van der Waals surface area contributed by atoms with Crippen LogP contribution in [0.5, 0.6) is 0 Å². The van der Waals surface area contributed by atoms with Gasteiger partial charge in [0.25, 0.3) is 0 Å². The van der Waals surface area contributed by atoms with Crippen molar-refractivity contribution < 1.29 is 4.79 Å². The highest BCUT2D eigenvalue weighted by Gasteiger charge is 2.25. The first-order valence-corrected chi connectivity index (χ1v) is 6.89.